The van der Waals surface area contributed by atoms with Gasteiger partial charge in [-0.1, -0.05) is 19.1 Å². The number of carbonyl (C=O) groups is 2. The maximum atomic E-state index is 13.4. The van der Waals surface area contributed by atoms with E-state index in [9.17, 15) is 9.59 Å². The van der Waals surface area contributed by atoms with Crippen molar-refractivity contribution >= 4 is 23.2 Å². The summed E-state index contributed by atoms with van der Waals surface area (Å²) in [4.78, 5) is 30.8. The molecule has 172 valence electrons. The van der Waals surface area contributed by atoms with Crippen LogP contribution < -0.4 is 9.47 Å². The molecule has 3 heterocycles. The molecule has 0 saturated carbocycles. The van der Waals surface area contributed by atoms with Crippen LogP contribution in [0, 0.1) is 0 Å². The van der Waals surface area contributed by atoms with Gasteiger partial charge in [-0.2, -0.15) is 0 Å². The first kappa shape index (κ1) is 22.6. The second kappa shape index (κ2) is 10.8. The molecule has 1 fully saturated rings. The zero-order chi connectivity index (χ0) is 22.3. The van der Waals surface area contributed by atoms with Crippen LogP contribution in [0.1, 0.15) is 43.0 Å². The highest BCUT2D eigenvalue weighted by molar-refractivity contribution is 7.09. The Morgan fingerprint density at radius 2 is 1.97 bits per heavy atom. The van der Waals surface area contributed by atoms with E-state index in [0.717, 1.165) is 42.1 Å². The van der Waals surface area contributed by atoms with Crippen molar-refractivity contribution in [3.63, 3.8) is 0 Å². The molecule has 1 saturated heterocycles. The van der Waals surface area contributed by atoms with E-state index in [1.54, 1.807) is 16.2 Å². The molecule has 2 aliphatic rings. The summed E-state index contributed by atoms with van der Waals surface area (Å²) in [6.07, 6.45) is 3.14. The summed E-state index contributed by atoms with van der Waals surface area (Å²) < 4.78 is 16.6. The van der Waals surface area contributed by atoms with E-state index in [2.05, 4.69) is 0 Å². The molecule has 0 bridgehead atoms. The van der Waals surface area contributed by atoms with Crippen molar-refractivity contribution in [3.8, 4) is 11.5 Å². The van der Waals surface area contributed by atoms with Crippen LogP contribution in [-0.4, -0.2) is 54.2 Å². The highest BCUT2D eigenvalue weighted by Crippen LogP contribution is 2.33. The molecule has 7 nitrogen and oxygen atoms in total. The Balaban J connectivity index is 1.49. The van der Waals surface area contributed by atoms with Crippen LogP contribution in [0.3, 0.4) is 0 Å². The van der Waals surface area contributed by atoms with Gasteiger partial charge in [0, 0.05) is 31.0 Å². The molecule has 2 aliphatic heterocycles. The number of nitrogens with zero attached hydrogens (tertiary/aromatic N) is 2. The van der Waals surface area contributed by atoms with Crippen LogP contribution in [0.5, 0.6) is 11.5 Å². The van der Waals surface area contributed by atoms with E-state index in [1.807, 2.05) is 47.5 Å². The van der Waals surface area contributed by atoms with Crippen LogP contribution in [0.25, 0.3) is 0 Å². The Kier molecular flexibility index (Phi) is 7.65. The van der Waals surface area contributed by atoms with Crippen molar-refractivity contribution in [3.05, 3.63) is 46.2 Å². The summed E-state index contributed by atoms with van der Waals surface area (Å²) in [5.41, 5.74) is 0.963. The predicted molar refractivity (Wildman–Crippen MR) is 122 cm³/mol. The molecule has 2 aromatic rings. The molecule has 1 unspecified atom stereocenters. The molecule has 1 aromatic carbocycles. The Labute approximate surface area is 192 Å². The lowest BCUT2D eigenvalue weighted by Gasteiger charge is -2.29. The van der Waals surface area contributed by atoms with E-state index < -0.39 is 0 Å². The van der Waals surface area contributed by atoms with E-state index in [0.29, 0.717) is 31.8 Å². The lowest BCUT2D eigenvalue weighted by atomic mass is 10.1. The van der Waals surface area contributed by atoms with Gasteiger partial charge in [-0.15, -0.1) is 11.3 Å². The predicted octanol–water partition coefficient (Wildman–Crippen LogP) is 3.81. The topological polar surface area (TPSA) is 68.3 Å². The van der Waals surface area contributed by atoms with Gasteiger partial charge in [0.1, 0.15) is 0 Å². The summed E-state index contributed by atoms with van der Waals surface area (Å²) in [5.74, 6) is 1.36. The minimum atomic E-state index is -0.0708. The molecule has 32 heavy (non-hydrogen) atoms. The zero-order valence-electron chi connectivity index (χ0n) is 18.5. The van der Waals surface area contributed by atoms with Crippen LogP contribution in [-0.2, 0) is 27.4 Å². The van der Waals surface area contributed by atoms with E-state index in [4.69, 9.17) is 14.2 Å². The number of hydrogen-bond acceptors (Lipinski definition) is 6. The molecule has 1 atom stereocenters. The van der Waals surface area contributed by atoms with Crippen molar-refractivity contribution in [2.45, 2.75) is 51.8 Å². The van der Waals surface area contributed by atoms with Gasteiger partial charge >= 0.3 is 0 Å². The Morgan fingerprint density at radius 1 is 1.09 bits per heavy atom. The van der Waals surface area contributed by atoms with Gasteiger partial charge in [0.15, 0.2) is 11.5 Å². The summed E-state index contributed by atoms with van der Waals surface area (Å²) in [7, 11) is 0. The van der Waals surface area contributed by atoms with E-state index in [1.165, 1.54) is 0 Å². The molecular formula is C24H30N2O5S. The third-order valence-corrected chi connectivity index (χ3v) is 6.54. The molecular weight excluding hydrogens is 428 g/mol. The molecule has 0 aliphatic carbocycles. The highest BCUT2D eigenvalue weighted by Gasteiger charge is 2.26. The smallest absolute Gasteiger partial charge is 0.242 e. The van der Waals surface area contributed by atoms with Crippen molar-refractivity contribution in [2.75, 3.05) is 26.5 Å². The maximum absolute atomic E-state index is 13.4. The van der Waals surface area contributed by atoms with E-state index in [-0.39, 0.29) is 31.3 Å². The van der Waals surface area contributed by atoms with Crippen molar-refractivity contribution in [1.29, 1.82) is 0 Å². The molecule has 0 radical (unpaired) electrons. The van der Waals surface area contributed by atoms with Gasteiger partial charge in [-0.05, 0) is 48.4 Å². The molecule has 2 amide bonds. The molecule has 0 spiro atoms. The monoisotopic (exact) mass is 458 g/mol. The van der Waals surface area contributed by atoms with Crippen LogP contribution in [0.2, 0.25) is 0 Å². The molecule has 8 heteroatoms. The number of amides is 2. The third-order valence-electron chi connectivity index (χ3n) is 5.68. The Hall–Kier alpha value is -2.58. The lowest BCUT2D eigenvalue weighted by molar-refractivity contribution is -0.142. The third kappa shape index (κ3) is 5.81. The van der Waals surface area contributed by atoms with Crippen LogP contribution in [0.4, 0.5) is 0 Å². The van der Waals surface area contributed by atoms with Gasteiger partial charge in [0.25, 0.3) is 0 Å². The average Bonchev–Trinajstić information content (AvgIpc) is 3.55. The Morgan fingerprint density at radius 3 is 2.72 bits per heavy atom. The number of fused-ring (bicyclic) bond motifs is 1. The SMILES string of the molecule is CCCC(=O)N(CC(=O)N(Cc1ccc2c(c1)OCO2)Cc1cccs1)CC1CCCO1. The summed E-state index contributed by atoms with van der Waals surface area (Å²) >= 11 is 1.62. The molecule has 1 aromatic heterocycles. The summed E-state index contributed by atoms with van der Waals surface area (Å²) in [6.45, 7) is 4.39. The number of carbonyl (C=O) groups excluding carboxylic acids is 2. The van der Waals surface area contributed by atoms with Gasteiger partial charge < -0.3 is 24.0 Å². The molecule has 4 rings (SSSR count). The lowest BCUT2D eigenvalue weighted by Crippen LogP contribution is -2.45. The highest BCUT2D eigenvalue weighted by atomic mass is 32.1. The van der Waals surface area contributed by atoms with Gasteiger partial charge in [0.05, 0.1) is 19.2 Å². The first-order valence-corrected chi connectivity index (χ1v) is 12.1. The minimum Gasteiger partial charge on any atom is -0.454 e. The largest absolute Gasteiger partial charge is 0.454 e. The molecule has 0 N–H and O–H groups in total. The zero-order valence-corrected chi connectivity index (χ0v) is 19.3. The second-order valence-electron chi connectivity index (χ2n) is 8.18. The minimum absolute atomic E-state index is 0.00973. The van der Waals surface area contributed by atoms with Crippen LogP contribution >= 0.6 is 11.3 Å². The summed E-state index contributed by atoms with van der Waals surface area (Å²) in [5, 5.41) is 2.01. The van der Waals surface area contributed by atoms with Crippen molar-refractivity contribution < 1.29 is 23.8 Å². The second-order valence-corrected chi connectivity index (χ2v) is 9.21. The fourth-order valence-corrected chi connectivity index (χ4v) is 4.73. The quantitative estimate of drug-likeness (QED) is 0.542. The number of rotatable bonds is 10. The van der Waals surface area contributed by atoms with Crippen molar-refractivity contribution in [1.82, 2.24) is 9.80 Å². The normalized spacial score (nSPS) is 16.8. The van der Waals surface area contributed by atoms with Crippen molar-refractivity contribution in [2.24, 2.45) is 0 Å². The first-order chi connectivity index (χ1) is 15.6. The van der Waals surface area contributed by atoms with E-state index >= 15 is 0 Å². The van der Waals surface area contributed by atoms with Crippen LogP contribution in [0.15, 0.2) is 35.7 Å². The fourth-order valence-electron chi connectivity index (χ4n) is 4.01. The number of benzene rings is 1. The average molecular weight is 459 g/mol. The van der Waals surface area contributed by atoms with Gasteiger partial charge in [-0.25, -0.2) is 0 Å². The summed E-state index contributed by atoms with van der Waals surface area (Å²) in [6, 6.07) is 9.76. The Bertz CT molecular complexity index is 911. The number of ether oxygens (including phenoxy) is 3. The number of thiophene rings is 1. The van der Waals surface area contributed by atoms with Gasteiger partial charge in [-0.3, -0.25) is 9.59 Å². The maximum Gasteiger partial charge on any atom is 0.242 e. The number of hydrogen-bond donors (Lipinski definition) is 0. The first-order valence-electron chi connectivity index (χ1n) is 11.2. The van der Waals surface area contributed by atoms with Gasteiger partial charge in [0.2, 0.25) is 18.6 Å². The fraction of sp³-hybridized carbons (Fsp3) is 0.500. The standard InChI is InChI=1S/C24H30N2O5S/c1-2-5-23(27)26(14-19-6-3-10-29-19)16-24(28)25(15-20-7-4-11-32-20)13-18-8-9-21-22(12-18)31-17-30-21/h4,7-9,11-12,19H,2-3,5-6,10,13-17H2,1H3.